The summed E-state index contributed by atoms with van der Waals surface area (Å²) in [4.78, 5) is 12.6. The van der Waals surface area contributed by atoms with E-state index in [0.717, 1.165) is 34.3 Å². The third kappa shape index (κ3) is 4.15. The van der Waals surface area contributed by atoms with Crippen molar-refractivity contribution in [3.63, 3.8) is 0 Å². The number of hydrogen-bond donors (Lipinski definition) is 0. The molecule has 0 spiro atoms. The SMILES string of the molecule is C=C(CC(c1ccccc1)C(C#N)c1ccccc1)C1=C(C)C(C)CCC1=O. The topological polar surface area (TPSA) is 40.9 Å². The van der Waals surface area contributed by atoms with Crippen molar-refractivity contribution in [1.29, 1.82) is 5.26 Å². The summed E-state index contributed by atoms with van der Waals surface area (Å²) in [5.41, 5.74) is 4.92. The Kier molecular flexibility index (Phi) is 6.26. The second-order valence-electron chi connectivity index (χ2n) is 7.76. The van der Waals surface area contributed by atoms with E-state index in [2.05, 4.69) is 38.6 Å². The summed E-state index contributed by atoms with van der Waals surface area (Å²) in [5, 5.41) is 10.0. The van der Waals surface area contributed by atoms with Crippen molar-refractivity contribution in [3.8, 4) is 6.07 Å². The Bertz CT molecular complexity index is 918. The molecule has 0 heterocycles. The molecule has 0 N–H and O–H groups in total. The highest BCUT2D eigenvalue weighted by Gasteiger charge is 2.30. The van der Waals surface area contributed by atoms with Gasteiger partial charge in [0.1, 0.15) is 0 Å². The molecule has 0 saturated heterocycles. The minimum absolute atomic E-state index is 0.0496. The molecular formula is C26H27NO. The van der Waals surface area contributed by atoms with Gasteiger partial charge in [0, 0.05) is 17.9 Å². The summed E-state index contributed by atoms with van der Waals surface area (Å²) in [5.74, 6) is 0.255. The fraction of sp³-hybridized carbons (Fsp3) is 0.308. The fourth-order valence-electron chi connectivity index (χ4n) is 4.18. The highest BCUT2D eigenvalue weighted by molar-refractivity contribution is 6.01. The van der Waals surface area contributed by atoms with Crippen LogP contribution in [0.2, 0.25) is 0 Å². The highest BCUT2D eigenvalue weighted by Crippen LogP contribution is 2.40. The average Bonchev–Trinajstić information content (AvgIpc) is 2.72. The van der Waals surface area contributed by atoms with Crippen LogP contribution in [0.15, 0.2) is 84.0 Å². The van der Waals surface area contributed by atoms with E-state index in [1.807, 2.05) is 48.5 Å². The Labute approximate surface area is 168 Å². The van der Waals surface area contributed by atoms with E-state index in [-0.39, 0.29) is 17.6 Å². The molecule has 0 radical (unpaired) electrons. The molecule has 2 aromatic carbocycles. The van der Waals surface area contributed by atoms with E-state index >= 15 is 0 Å². The molecule has 0 bridgehead atoms. The molecule has 0 fully saturated rings. The van der Waals surface area contributed by atoms with Crippen LogP contribution in [0.3, 0.4) is 0 Å². The summed E-state index contributed by atoms with van der Waals surface area (Å²) in [6.45, 7) is 8.53. The van der Waals surface area contributed by atoms with E-state index in [9.17, 15) is 10.1 Å². The van der Waals surface area contributed by atoms with Crippen LogP contribution in [-0.2, 0) is 4.79 Å². The Morgan fingerprint density at radius 1 is 1.11 bits per heavy atom. The standard InChI is InChI=1S/C26H27NO/c1-18-14-15-25(28)26(20(18)3)19(2)16-23(21-10-6-4-7-11-21)24(17-27)22-12-8-5-9-13-22/h4-13,18,23-24H,2,14-16H2,1,3H3. The third-order valence-electron chi connectivity index (χ3n) is 5.96. The lowest BCUT2D eigenvalue weighted by atomic mass is 9.74. The van der Waals surface area contributed by atoms with Gasteiger partial charge in [0.05, 0.1) is 12.0 Å². The van der Waals surface area contributed by atoms with Crippen molar-refractivity contribution in [2.45, 2.75) is 44.9 Å². The number of benzene rings is 2. The molecule has 2 heteroatoms. The molecule has 0 amide bonds. The van der Waals surface area contributed by atoms with Crippen LogP contribution < -0.4 is 0 Å². The van der Waals surface area contributed by atoms with E-state index < -0.39 is 0 Å². The summed E-state index contributed by atoms with van der Waals surface area (Å²) >= 11 is 0. The molecule has 1 aliphatic rings. The summed E-state index contributed by atoms with van der Waals surface area (Å²) in [6.07, 6.45) is 2.10. The molecule has 3 atom stereocenters. The van der Waals surface area contributed by atoms with E-state index in [0.29, 0.717) is 18.8 Å². The summed E-state index contributed by atoms with van der Waals surface area (Å²) in [7, 11) is 0. The molecule has 1 aliphatic carbocycles. The fourth-order valence-corrected chi connectivity index (χ4v) is 4.18. The van der Waals surface area contributed by atoms with Gasteiger partial charge in [0.15, 0.2) is 5.78 Å². The normalized spacial score (nSPS) is 19.0. The monoisotopic (exact) mass is 369 g/mol. The largest absolute Gasteiger partial charge is 0.294 e. The molecule has 28 heavy (non-hydrogen) atoms. The van der Waals surface area contributed by atoms with Gasteiger partial charge in [-0.2, -0.15) is 5.26 Å². The van der Waals surface area contributed by atoms with Crippen LogP contribution in [0.5, 0.6) is 0 Å². The van der Waals surface area contributed by atoms with Crippen LogP contribution in [0.4, 0.5) is 0 Å². The maximum atomic E-state index is 12.6. The molecule has 142 valence electrons. The van der Waals surface area contributed by atoms with Gasteiger partial charge < -0.3 is 0 Å². The zero-order valence-electron chi connectivity index (χ0n) is 16.7. The number of hydrogen-bond acceptors (Lipinski definition) is 2. The summed E-state index contributed by atoms with van der Waals surface area (Å²) < 4.78 is 0. The second-order valence-corrected chi connectivity index (χ2v) is 7.76. The molecule has 0 aromatic heterocycles. The van der Waals surface area contributed by atoms with E-state index in [1.165, 1.54) is 0 Å². The zero-order valence-corrected chi connectivity index (χ0v) is 16.7. The van der Waals surface area contributed by atoms with Gasteiger partial charge in [0.25, 0.3) is 0 Å². The maximum absolute atomic E-state index is 12.6. The van der Waals surface area contributed by atoms with Crippen LogP contribution in [0.1, 0.15) is 56.1 Å². The van der Waals surface area contributed by atoms with Crippen molar-refractivity contribution in [2.24, 2.45) is 5.92 Å². The first-order valence-corrected chi connectivity index (χ1v) is 9.94. The lowest BCUT2D eigenvalue weighted by Crippen LogP contribution is -2.19. The average molecular weight is 370 g/mol. The van der Waals surface area contributed by atoms with Crippen LogP contribution in [0.25, 0.3) is 0 Å². The summed E-state index contributed by atoms with van der Waals surface area (Å²) in [6, 6.07) is 22.5. The number of allylic oxidation sites excluding steroid dienone is 3. The van der Waals surface area contributed by atoms with Crippen molar-refractivity contribution in [1.82, 2.24) is 0 Å². The van der Waals surface area contributed by atoms with E-state index in [1.54, 1.807) is 0 Å². The lowest BCUT2D eigenvalue weighted by Gasteiger charge is -2.28. The maximum Gasteiger partial charge on any atom is 0.163 e. The lowest BCUT2D eigenvalue weighted by molar-refractivity contribution is -0.116. The Morgan fingerprint density at radius 2 is 1.68 bits per heavy atom. The van der Waals surface area contributed by atoms with Gasteiger partial charge in [-0.05, 0) is 42.4 Å². The predicted octanol–water partition coefficient (Wildman–Crippen LogP) is 6.34. The smallest absolute Gasteiger partial charge is 0.163 e. The molecule has 2 nitrogen and oxygen atoms in total. The van der Waals surface area contributed by atoms with Gasteiger partial charge in [-0.15, -0.1) is 0 Å². The number of nitriles is 1. The minimum Gasteiger partial charge on any atom is -0.294 e. The first kappa shape index (κ1) is 19.8. The number of nitrogens with zero attached hydrogens (tertiary/aromatic N) is 1. The Balaban J connectivity index is 1.99. The molecule has 3 unspecified atom stereocenters. The minimum atomic E-state index is -0.294. The van der Waals surface area contributed by atoms with Crippen molar-refractivity contribution >= 4 is 5.78 Å². The van der Waals surface area contributed by atoms with E-state index in [4.69, 9.17) is 0 Å². The third-order valence-corrected chi connectivity index (χ3v) is 5.96. The first-order chi connectivity index (χ1) is 13.5. The van der Waals surface area contributed by atoms with Crippen molar-refractivity contribution < 1.29 is 4.79 Å². The number of ketones is 1. The Morgan fingerprint density at radius 3 is 2.25 bits per heavy atom. The highest BCUT2D eigenvalue weighted by atomic mass is 16.1. The number of rotatable bonds is 6. The van der Waals surface area contributed by atoms with Crippen molar-refractivity contribution in [3.05, 3.63) is 95.1 Å². The molecule has 0 saturated carbocycles. The first-order valence-electron chi connectivity index (χ1n) is 9.94. The number of carbonyl (C=O) groups is 1. The van der Waals surface area contributed by atoms with Gasteiger partial charge in [-0.25, -0.2) is 0 Å². The van der Waals surface area contributed by atoms with Gasteiger partial charge in [-0.3, -0.25) is 4.79 Å². The van der Waals surface area contributed by atoms with Gasteiger partial charge in [0.2, 0.25) is 0 Å². The van der Waals surface area contributed by atoms with Gasteiger partial charge in [-0.1, -0.05) is 79.7 Å². The molecule has 3 rings (SSSR count). The Hall–Kier alpha value is -2.92. The van der Waals surface area contributed by atoms with Crippen LogP contribution >= 0.6 is 0 Å². The second kappa shape index (κ2) is 8.85. The number of carbonyl (C=O) groups excluding carboxylic acids is 1. The predicted molar refractivity (Wildman–Crippen MR) is 114 cm³/mol. The number of Topliss-reactive ketones (excluding diaryl/α,β-unsaturated/α-hetero) is 1. The van der Waals surface area contributed by atoms with Crippen LogP contribution in [0, 0.1) is 17.2 Å². The van der Waals surface area contributed by atoms with Gasteiger partial charge >= 0.3 is 0 Å². The quantitative estimate of drug-likeness (QED) is 0.596. The zero-order chi connectivity index (χ0) is 20.1. The molecule has 2 aromatic rings. The molecular weight excluding hydrogens is 342 g/mol. The van der Waals surface area contributed by atoms with Crippen molar-refractivity contribution in [2.75, 3.05) is 0 Å². The molecule has 0 aliphatic heterocycles. The van der Waals surface area contributed by atoms with Crippen LogP contribution in [-0.4, -0.2) is 5.78 Å².